The molecule has 0 bridgehead atoms. The van der Waals surface area contributed by atoms with E-state index in [1.807, 2.05) is 0 Å². The molecule has 0 aromatic carbocycles. The van der Waals surface area contributed by atoms with Gasteiger partial charge in [-0.2, -0.15) is 0 Å². The van der Waals surface area contributed by atoms with Gasteiger partial charge in [0.05, 0.1) is 12.9 Å². The van der Waals surface area contributed by atoms with Gasteiger partial charge >= 0.3 is 0 Å². The van der Waals surface area contributed by atoms with Crippen LogP contribution in [0, 0.1) is 0 Å². The maximum Gasteiger partial charge on any atom is 0.250 e. The van der Waals surface area contributed by atoms with E-state index in [-0.39, 0.29) is 10.8 Å². The van der Waals surface area contributed by atoms with Crippen molar-refractivity contribution < 1.29 is 13.5 Å². The van der Waals surface area contributed by atoms with Crippen molar-refractivity contribution in [1.29, 1.82) is 0 Å². The van der Waals surface area contributed by atoms with Crippen molar-refractivity contribution in [1.82, 2.24) is 14.7 Å². The lowest BCUT2D eigenvalue weighted by Crippen LogP contribution is -2.25. The smallest absolute Gasteiger partial charge is 0.250 e. The zero-order valence-corrected chi connectivity index (χ0v) is 11.1. The number of hydrogen-bond acceptors (Lipinski definition) is 5. The molecule has 2 rings (SSSR count). The van der Waals surface area contributed by atoms with Crippen LogP contribution in [0.4, 0.5) is 0 Å². The number of thiophene rings is 1. The standard InChI is InChI=1S/C10H13N3O3S2/c14-6-9-1-2-10(17-9)18(15,16)13-4-3-8-5-11-7-12-8/h1-2,5,7,13-14H,3-4,6H2,(H,11,12). The van der Waals surface area contributed by atoms with Gasteiger partial charge in [-0.1, -0.05) is 0 Å². The maximum absolute atomic E-state index is 11.9. The van der Waals surface area contributed by atoms with Crippen molar-refractivity contribution in [3.63, 3.8) is 0 Å². The summed E-state index contributed by atoms with van der Waals surface area (Å²) in [6.45, 7) is 0.158. The summed E-state index contributed by atoms with van der Waals surface area (Å²) in [5.41, 5.74) is 0.875. The Kier molecular flexibility index (Phi) is 4.12. The van der Waals surface area contributed by atoms with Crippen LogP contribution in [0.1, 0.15) is 10.6 Å². The third-order valence-corrected chi connectivity index (χ3v) is 5.32. The molecule has 0 spiro atoms. The van der Waals surface area contributed by atoms with Crippen molar-refractivity contribution >= 4 is 21.4 Å². The van der Waals surface area contributed by atoms with Crippen LogP contribution in [0.5, 0.6) is 0 Å². The first-order valence-electron chi connectivity index (χ1n) is 5.28. The summed E-state index contributed by atoms with van der Waals surface area (Å²) in [7, 11) is -3.48. The average molecular weight is 287 g/mol. The predicted molar refractivity (Wildman–Crippen MR) is 67.7 cm³/mol. The largest absolute Gasteiger partial charge is 0.391 e. The summed E-state index contributed by atoms with van der Waals surface area (Å²) in [5, 5.41) is 8.90. The molecule has 18 heavy (non-hydrogen) atoms. The molecule has 0 unspecified atom stereocenters. The zero-order valence-electron chi connectivity index (χ0n) is 9.46. The second-order valence-corrected chi connectivity index (χ2v) is 6.77. The molecule has 0 fully saturated rings. The van der Waals surface area contributed by atoms with Crippen LogP contribution in [-0.2, 0) is 23.1 Å². The number of nitrogens with zero attached hydrogens (tertiary/aromatic N) is 1. The van der Waals surface area contributed by atoms with Crippen molar-refractivity contribution in [2.75, 3.05) is 6.54 Å². The van der Waals surface area contributed by atoms with Crippen molar-refractivity contribution in [2.24, 2.45) is 0 Å². The number of aromatic nitrogens is 2. The zero-order chi connectivity index (χ0) is 13.0. The van der Waals surface area contributed by atoms with E-state index in [0.29, 0.717) is 17.8 Å². The maximum atomic E-state index is 11.9. The third-order valence-electron chi connectivity index (χ3n) is 2.30. The molecule has 0 amide bonds. The molecule has 0 aliphatic rings. The Labute approximate surface area is 109 Å². The van der Waals surface area contributed by atoms with E-state index in [2.05, 4.69) is 14.7 Å². The lowest BCUT2D eigenvalue weighted by Gasteiger charge is -2.03. The van der Waals surface area contributed by atoms with Crippen LogP contribution < -0.4 is 4.72 Å². The minimum atomic E-state index is -3.48. The quantitative estimate of drug-likeness (QED) is 0.720. The summed E-state index contributed by atoms with van der Waals surface area (Å²) in [5.74, 6) is 0. The van der Waals surface area contributed by atoms with Crippen LogP contribution in [0.25, 0.3) is 0 Å². The van der Waals surface area contributed by atoms with E-state index < -0.39 is 10.0 Å². The number of hydrogen-bond donors (Lipinski definition) is 3. The van der Waals surface area contributed by atoms with Crippen LogP contribution >= 0.6 is 11.3 Å². The van der Waals surface area contributed by atoms with Gasteiger partial charge in [0.25, 0.3) is 0 Å². The first-order valence-corrected chi connectivity index (χ1v) is 7.58. The van der Waals surface area contributed by atoms with Gasteiger partial charge in [0.1, 0.15) is 4.21 Å². The molecule has 2 aromatic heterocycles. The van der Waals surface area contributed by atoms with E-state index in [4.69, 9.17) is 5.11 Å². The van der Waals surface area contributed by atoms with Crippen molar-refractivity contribution in [3.05, 3.63) is 35.2 Å². The minimum Gasteiger partial charge on any atom is -0.391 e. The highest BCUT2D eigenvalue weighted by Gasteiger charge is 2.15. The van der Waals surface area contributed by atoms with Gasteiger partial charge in [-0.3, -0.25) is 0 Å². The first-order chi connectivity index (χ1) is 8.62. The normalized spacial score (nSPS) is 11.8. The number of sulfonamides is 1. The fourth-order valence-corrected chi connectivity index (χ4v) is 3.69. The molecule has 8 heteroatoms. The van der Waals surface area contributed by atoms with E-state index in [0.717, 1.165) is 17.0 Å². The van der Waals surface area contributed by atoms with E-state index in [9.17, 15) is 8.42 Å². The number of H-pyrrole nitrogens is 1. The minimum absolute atomic E-state index is 0.145. The Morgan fingerprint density at radius 2 is 2.28 bits per heavy atom. The van der Waals surface area contributed by atoms with Gasteiger partial charge in [0.15, 0.2) is 0 Å². The Morgan fingerprint density at radius 1 is 1.44 bits per heavy atom. The highest BCUT2D eigenvalue weighted by atomic mass is 32.2. The SMILES string of the molecule is O=S(=O)(NCCc1cnc[nH]1)c1ccc(CO)s1. The van der Waals surface area contributed by atoms with Crippen LogP contribution in [0.2, 0.25) is 0 Å². The molecule has 0 aliphatic carbocycles. The van der Waals surface area contributed by atoms with Gasteiger partial charge in [0.2, 0.25) is 10.0 Å². The van der Waals surface area contributed by atoms with E-state index in [1.165, 1.54) is 6.07 Å². The van der Waals surface area contributed by atoms with Crippen LogP contribution in [0.3, 0.4) is 0 Å². The molecular formula is C10H13N3O3S2. The molecule has 0 saturated heterocycles. The summed E-state index contributed by atoms with van der Waals surface area (Å²) < 4.78 is 26.5. The van der Waals surface area contributed by atoms with Gasteiger partial charge in [-0.05, 0) is 12.1 Å². The number of aliphatic hydroxyl groups excluding tert-OH is 1. The summed E-state index contributed by atoms with van der Waals surface area (Å²) in [4.78, 5) is 7.38. The molecule has 98 valence electrons. The number of nitrogens with one attached hydrogen (secondary N) is 2. The van der Waals surface area contributed by atoms with Gasteiger partial charge < -0.3 is 10.1 Å². The summed E-state index contributed by atoms with van der Waals surface area (Å²) >= 11 is 1.07. The highest BCUT2D eigenvalue weighted by Crippen LogP contribution is 2.21. The lowest BCUT2D eigenvalue weighted by atomic mass is 10.3. The van der Waals surface area contributed by atoms with Gasteiger partial charge in [0, 0.05) is 29.7 Å². The Balaban J connectivity index is 1.95. The fourth-order valence-electron chi connectivity index (χ4n) is 1.40. The summed E-state index contributed by atoms with van der Waals surface area (Å²) in [6, 6.07) is 3.10. The molecule has 0 radical (unpaired) electrons. The Morgan fingerprint density at radius 3 is 2.89 bits per heavy atom. The predicted octanol–water partition coefficient (Wildman–Crippen LogP) is 0.484. The molecular weight excluding hydrogens is 274 g/mol. The molecule has 6 nitrogen and oxygen atoms in total. The lowest BCUT2D eigenvalue weighted by molar-refractivity contribution is 0.285. The van der Waals surface area contributed by atoms with E-state index in [1.54, 1.807) is 18.6 Å². The van der Waals surface area contributed by atoms with Crippen LogP contribution in [0.15, 0.2) is 28.9 Å². The molecule has 3 N–H and O–H groups in total. The van der Waals surface area contributed by atoms with E-state index >= 15 is 0 Å². The monoisotopic (exact) mass is 287 g/mol. The van der Waals surface area contributed by atoms with Crippen molar-refractivity contribution in [3.8, 4) is 0 Å². The Hall–Kier alpha value is -1.22. The molecule has 0 saturated carbocycles. The van der Waals surface area contributed by atoms with Gasteiger partial charge in [-0.25, -0.2) is 18.1 Å². The Bertz CT molecular complexity index is 590. The second-order valence-electron chi connectivity index (χ2n) is 3.60. The fraction of sp³-hybridized carbons (Fsp3) is 0.300. The number of aromatic amines is 1. The molecule has 2 heterocycles. The first kappa shape index (κ1) is 13.2. The highest BCUT2D eigenvalue weighted by molar-refractivity contribution is 7.91. The molecule has 0 atom stereocenters. The van der Waals surface area contributed by atoms with Crippen molar-refractivity contribution in [2.45, 2.75) is 17.2 Å². The van der Waals surface area contributed by atoms with Crippen LogP contribution in [-0.4, -0.2) is 30.0 Å². The van der Waals surface area contributed by atoms with Gasteiger partial charge in [-0.15, -0.1) is 11.3 Å². The topological polar surface area (TPSA) is 95.1 Å². The summed E-state index contributed by atoms with van der Waals surface area (Å²) in [6.07, 6.45) is 3.76. The average Bonchev–Trinajstić information content (AvgIpc) is 2.99. The second kappa shape index (κ2) is 5.61. The molecule has 0 aliphatic heterocycles. The molecule has 2 aromatic rings. The number of rotatable bonds is 6. The number of aliphatic hydroxyl groups is 1. The third kappa shape index (κ3) is 3.16. The number of imidazole rings is 1.